The molecule has 2 unspecified atom stereocenters. The summed E-state index contributed by atoms with van der Waals surface area (Å²) >= 11 is 0. The Morgan fingerprint density at radius 1 is 1.38 bits per heavy atom. The molecule has 0 aromatic carbocycles. The predicted molar refractivity (Wildman–Crippen MR) is 55.8 cm³/mol. The number of hydrogen-bond donors (Lipinski definition) is 1. The molecule has 2 heterocycles. The van der Waals surface area contributed by atoms with Crippen LogP contribution in [0.3, 0.4) is 0 Å². The van der Waals surface area contributed by atoms with Gasteiger partial charge in [0.1, 0.15) is 0 Å². The molecule has 1 N–H and O–H groups in total. The van der Waals surface area contributed by atoms with Crippen LogP contribution in [0.2, 0.25) is 0 Å². The quantitative estimate of drug-likeness (QED) is 0.695. The molecule has 2 bridgehead atoms. The predicted octanol–water partition coefficient (Wildman–Crippen LogP) is 1.47. The van der Waals surface area contributed by atoms with E-state index in [1.54, 1.807) is 0 Å². The van der Waals surface area contributed by atoms with Crippen molar-refractivity contribution in [2.75, 3.05) is 19.6 Å². The van der Waals surface area contributed by atoms with Gasteiger partial charge in [0.05, 0.1) is 0 Å². The lowest BCUT2D eigenvalue weighted by Gasteiger charge is -2.42. The number of nitrogens with zero attached hydrogens (tertiary/aromatic N) is 1. The van der Waals surface area contributed by atoms with E-state index in [1.807, 2.05) is 0 Å². The lowest BCUT2D eigenvalue weighted by atomic mass is 9.92. The fraction of sp³-hybridized carbons (Fsp3) is 1.00. The summed E-state index contributed by atoms with van der Waals surface area (Å²) < 4.78 is 0. The molecule has 0 aromatic heterocycles. The van der Waals surface area contributed by atoms with Gasteiger partial charge in [-0.1, -0.05) is 6.92 Å². The Hall–Kier alpha value is -0.0800. The van der Waals surface area contributed by atoms with Crippen LogP contribution in [0.5, 0.6) is 0 Å². The standard InChI is InChI=1S/C11H22N2/c1-4-11(2,3)13-7-9-5-10(8-13)12-6-9/h9-10,12H,4-8H2,1-3H3. The van der Waals surface area contributed by atoms with Crippen LogP contribution in [0.25, 0.3) is 0 Å². The molecule has 2 atom stereocenters. The molecule has 0 spiro atoms. The average Bonchev–Trinajstić information content (AvgIpc) is 2.45. The van der Waals surface area contributed by atoms with Crippen molar-refractivity contribution in [1.82, 2.24) is 10.2 Å². The third kappa shape index (κ3) is 1.75. The summed E-state index contributed by atoms with van der Waals surface area (Å²) in [5, 5.41) is 3.60. The van der Waals surface area contributed by atoms with Gasteiger partial charge in [-0.3, -0.25) is 4.90 Å². The molecule has 0 aliphatic carbocycles. The second-order valence-corrected chi connectivity index (χ2v) is 5.28. The molecule has 2 saturated heterocycles. The zero-order valence-electron chi connectivity index (χ0n) is 9.14. The molecular formula is C11H22N2. The van der Waals surface area contributed by atoms with E-state index >= 15 is 0 Å². The number of hydrogen-bond acceptors (Lipinski definition) is 2. The summed E-state index contributed by atoms with van der Waals surface area (Å²) in [6.07, 6.45) is 2.67. The maximum Gasteiger partial charge on any atom is 0.0198 e. The highest BCUT2D eigenvalue weighted by Crippen LogP contribution is 2.29. The highest BCUT2D eigenvalue weighted by molar-refractivity contribution is 4.95. The summed E-state index contributed by atoms with van der Waals surface area (Å²) in [6, 6.07) is 0.782. The second-order valence-electron chi connectivity index (χ2n) is 5.28. The van der Waals surface area contributed by atoms with Crippen LogP contribution in [0, 0.1) is 5.92 Å². The number of likely N-dealkylation sites (tertiary alicyclic amines) is 1. The normalized spacial score (nSPS) is 35.3. The topological polar surface area (TPSA) is 15.3 Å². The average molecular weight is 182 g/mol. The number of rotatable bonds is 2. The molecule has 0 radical (unpaired) electrons. The van der Waals surface area contributed by atoms with Crippen LogP contribution in [0.4, 0.5) is 0 Å². The van der Waals surface area contributed by atoms with Crippen molar-refractivity contribution in [3.8, 4) is 0 Å². The lowest BCUT2D eigenvalue weighted by molar-refractivity contribution is 0.0732. The van der Waals surface area contributed by atoms with E-state index in [-0.39, 0.29) is 0 Å². The van der Waals surface area contributed by atoms with Gasteiger partial charge in [-0.25, -0.2) is 0 Å². The van der Waals surface area contributed by atoms with Gasteiger partial charge < -0.3 is 5.32 Å². The Bertz CT molecular complexity index is 177. The van der Waals surface area contributed by atoms with Crippen LogP contribution in [0.15, 0.2) is 0 Å². The summed E-state index contributed by atoms with van der Waals surface area (Å²) in [4.78, 5) is 2.67. The zero-order valence-corrected chi connectivity index (χ0v) is 9.14. The Morgan fingerprint density at radius 2 is 2.15 bits per heavy atom. The maximum atomic E-state index is 3.60. The van der Waals surface area contributed by atoms with E-state index in [4.69, 9.17) is 0 Å². The van der Waals surface area contributed by atoms with Crippen molar-refractivity contribution in [3.63, 3.8) is 0 Å². The first-order valence-electron chi connectivity index (χ1n) is 5.60. The lowest BCUT2D eigenvalue weighted by Crippen LogP contribution is -2.51. The van der Waals surface area contributed by atoms with Crippen LogP contribution >= 0.6 is 0 Å². The van der Waals surface area contributed by atoms with Crippen LogP contribution < -0.4 is 5.32 Å². The Kier molecular flexibility index (Phi) is 2.37. The van der Waals surface area contributed by atoms with Crippen molar-refractivity contribution < 1.29 is 0 Å². The third-order valence-electron chi connectivity index (χ3n) is 3.95. The Balaban J connectivity index is 2.02. The van der Waals surface area contributed by atoms with Gasteiger partial charge in [-0.05, 0) is 39.2 Å². The molecule has 76 valence electrons. The SMILES string of the molecule is CCC(C)(C)N1CC2CNC(C2)C1. The molecule has 0 saturated carbocycles. The van der Waals surface area contributed by atoms with Gasteiger partial charge in [0.25, 0.3) is 0 Å². The molecule has 2 nitrogen and oxygen atoms in total. The molecule has 13 heavy (non-hydrogen) atoms. The van der Waals surface area contributed by atoms with Gasteiger partial charge in [0, 0.05) is 24.7 Å². The molecule has 2 rings (SSSR count). The molecule has 2 aliphatic rings. The minimum atomic E-state index is 0.406. The molecular weight excluding hydrogens is 160 g/mol. The fourth-order valence-electron chi connectivity index (χ4n) is 2.55. The fourth-order valence-corrected chi connectivity index (χ4v) is 2.55. The Labute approximate surface area is 81.7 Å². The number of nitrogens with one attached hydrogen (secondary N) is 1. The van der Waals surface area contributed by atoms with Crippen LogP contribution in [0.1, 0.15) is 33.6 Å². The summed E-state index contributed by atoms with van der Waals surface area (Å²) in [5.74, 6) is 0.921. The third-order valence-corrected chi connectivity index (χ3v) is 3.95. The van der Waals surface area contributed by atoms with Gasteiger partial charge in [-0.2, -0.15) is 0 Å². The Morgan fingerprint density at radius 3 is 2.77 bits per heavy atom. The van der Waals surface area contributed by atoms with Crippen LogP contribution in [-0.4, -0.2) is 36.1 Å². The molecule has 2 aliphatic heterocycles. The smallest absolute Gasteiger partial charge is 0.0198 e. The van der Waals surface area contributed by atoms with E-state index < -0.39 is 0 Å². The summed E-state index contributed by atoms with van der Waals surface area (Å²) in [7, 11) is 0. The summed E-state index contributed by atoms with van der Waals surface area (Å²) in [6.45, 7) is 10.9. The second kappa shape index (κ2) is 3.25. The van der Waals surface area contributed by atoms with Crippen molar-refractivity contribution in [2.24, 2.45) is 5.92 Å². The first kappa shape index (κ1) is 9.47. The zero-order chi connectivity index (χ0) is 9.47. The number of fused-ring (bicyclic) bond motifs is 2. The first-order valence-corrected chi connectivity index (χ1v) is 5.60. The highest BCUT2D eigenvalue weighted by Gasteiger charge is 2.37. The van der Waals surface area contributed by atoms with E-state index in [0.717, 1.165) is 12.0 Å². The minimum Gasteiger partial charge on any atom is -0.312 e. The summed E-state index contributed by atoms with van der Waals surface area (Å²) in [5.41, 5.74) is 0.406. The monoisotopic (exact) mass is 182 g/mol. The van der Waals surface area contributed by atoms with Crippen molar-refractivity contribution >= 4 is 0 Å². The van der Waals surface area contributed by atoms with Crippen molar-refractivity contribution in [1.29, 1.82) is 0 Å². The van der Waals surface area contributed by atoms with Gasteiger partial charge >= 0.3 is 0 Å². The number of piperidine rings is 1. The molecule has 0 amide bonds. The van der Waals surface area contributed by atoms with Crippen LogP contribution in [-0.2, 0) is 0 Å². The molecule has 0 aromatic rings. The highest BCUT2D eigenvalue weighted by atomic mass is 15.2. The van der Waals surface area contributed by atoms with Crippen molar-refractivity contribution in [3.05, 3.63) is 0 Å². The van der Waals surface area contributed by atoms with E-state index in [1.165, 1.54) is 32.5 Å². The van der Waals surface area contributed by atoms with Crippen molar-refractivity contribution in [2.45, 2.75) is 45.2 Å². The minimum absolute atomic E-state index is 0.406. The van der Waals surface area contributed by atoms with Gasteiger partial charge in [0.2, 0.25) is 0 Å². The van der Waals surface area contributed by atoms with E-state index in [0.29, 0.717) is 5.54 Å². The van der Waals surface area contributed by atoms with Gasteiger partial charge in [-0.15, -0.1) is 0 Å². The first-order chi connectivity index (χ1) is 6.12. The largest absolute Gasteiger partial charge is 0.312 e. The molecule has 2 heteroatoms. The molecule has 2 fully saturated rings. The van der Waals surface area contributed by atoms with Gasteiger partial charge in [0.15, 0.2) is 0 Å². The van der Waals surface area contributed by atoms with E-state index in [9.17, 15) is 0 Å². The van der Waals surface area contributed by atoms with E-state index in [2.05, 4.69) is 31.0 Å². The maximum absolute atomic E-state index is 3.60.